The molecule has 146 valence electrons. The Morgan fingerprint density at radius 2 is 1.82 bits per heavy atom. The molecule has 0 radical (unpaired) electrons. The predicted octanol–water partition coefficient (Wildman–Crippen LogP) is 3.76. The maximum Gasteiger partial charge on any atom is 0.224 e. The average Bonchev–Trinajstić information content (AvgIpc) is 3.47. The number of nitrogens with one attached hydrogen (secondary N) is 2. The SMILES string of the molecule is OC1CCC(Nc2ncc3nc(Nc4ccccc4F)n(C4CC4)c3n2)CC1. The minimum Gasteiger partial charge on any atom is -0.393 e. The number of aromatic nitrogens is 4. The summed E-state index contributed by atoms with van der Waals surface area (Å²) in [6, 6.07) is 7.18. The monoisotopic (exact) mass is 382 g/mol. The van der Waals surface area contributed by atoms with E-state index in [1.165, 1.54) is 6.07 Å². The minimum atomic E-state index is -0.315. The molecule has 0 aliphatic heterocycles. The molecule has 0 atom stereocenters. The van der Waals surface area contributed by atoms with Crippen molar-refractivity contribution in [3.63, 3.8) is 0 Å². The van der Waals surface area contributed by atoms with Gasteiger partial charge in [-0.05, 0) is 50.7 Å². The van der Waals surface area contributed by atoms with Gasteiger partial charge in [-0.2, -0.15) is 4.98 Å². The number of hydrogen-bond acceptors (Lipinski definition) is 6. The Labute approximate surface area is 162 Å². The van der Waals surface area contributed by atoms with Crippen LogP contribution in [-0.4, -0.2) is 36.8 Å². The lowest BCUT2D eigenvalue weighted by Crippen LogP contribution is -2.28. The van der Waals surface area contributed by atoms with E-state index in [9.17, 15) is 9.50 Å². The summed E-state index contributed by atoms with van der Waals surface area (Å²) < 4.78 is 16.1. The summed E-state index contributed by atoms with van der Waals surface area (Å²) in [5.41, 5.74) is 1.84. The Bertz CT molecular complexity index is 994. The van der Waals surface area contributed by atoms with Gasteiger partial charge in [0.25, 0.3) is 0 Å². The molecule has 1 aromatic carbocycles. The van der Waals surface area contributed by atoms with Gasteiger partial charge in [0.1, 0.15) is 11.3 Å². The van der Waals surface area contributed by atoms with Gasteiger partial charge < -0.3 is 15.7 Å². The van der Waals surface area contributed by atoms with Crippen LogP contribution >= 0.6 is 0 Å². The number of rotatable bonds is 5. The summed E-state index contributed by atoms with van der Waals surface area (Å²) in [6.45, 7) is 0. The van der Waals surface area contributed by atoms with Gasteiger partial charge in [0, 0.05) is 12.1 Å². The Hall–Kier alpha value is -2.74. The lowest BCUT2D eigenvalue weighted by atomic mass is 9.93. The van der Waals surface area contributed by atoms with Crippen LogP contribution in [0.3, 0.4) is 0 Å². The highest BCUT2D eigenvalue weighted by atomic mass is 19.1. The Morgan fingerprint density at radius 1 is 1.04 bits per heavy atom. The first kappa shape index (κ1) is 17.4. The van der Waals surface area contributed by atoms with Crippen molar-refractivity contribution in [1.82, 2.24) is 19.5 Å². The summed E-state index contributed by atoms with van der Waals surface area (Å²) in [4.78, 5) is 13.7. The topological polar surface area (TPSA) is 87.9 Å². The van der Waals surface area contributed by atoms with Gasteiger partial charge in [-0.25, -0.2) is 14.4 Å². The lowest BCUT2D eigenvalue weighted by Gasteiger charge is -2.26. The standard InChI is InChI=1S/C20H23FN6O/c21-15-3-1-2-4-16(15)24-20-25-17-11-22-19(23-12-5-9-14(28)10-6-12)26-18(17)27(20)13-7-8-13/h1-4,11-14,28H,5-10H2,(H,24,25)(H,22,23,26). The van der Waals surface area contributed by atoms with Crippen molar-refractivity contribution in [3.8, 4) is 0 Å². The summed E-state index contributed by atoms with van der Waals surface area (Å²) in [5.74, 6) is 0.854. The summed E-state index contributed by atoms with van der Waals surface area (Å²) >= 11 is 0. The molecule has 3 aromatic rings. The smallest absolute Gasteiger partial charge is 0.224 e. The molecule has 0 amide bonds. The van der Waals surface area contributed by atoms with Gasteiger partial charge in [-0.15, -0.1) is 0 Å². The van der Waals surface area contributed by atoms with Crippen LogP contribution in [0.2, 0.25) is 0 Å². The zero-order valence-electron chi connectivity index (χ0n) is 15.5. The van der Waals surface area contributed by atoms with Crippen LogP contribution in [0.4, 0.5) is 22.0 Å². The number of benzene rings is 1. The molecule has 3 N–H and O–H groups in total. The van der Waals surface area contributed by atoms with E-state index in [-0.39, 0.29) is 18.0 Å². The first-order valence-electron chi connectivity index (χ1n) is 9.88. The third kappa shape index (κ3) is 3.40. The second kappa shape index (κ2) is 7.01. The number of aliphatic hydroxyl groups excluding tert-OH is 1. The number of anilines is 3. The van der Waals surface area contributed by atoms with E-state index in [1.807, 2.05) is 0 Å². The molecule has 8 heteroatoms. The van der Waals surface area contributed by atoms with E-state index in [4.69, 9.17) is 4.98 Å². The second-order valence-corrected chi connectivity index (χ2v) is 7.69. The van der Waals surface area contributed by atoms with Crippen LogP contribution in [0.1, 0.15) is 44.6 Å². The highest BCUT2D eigenvalue weighted by Gasteiger charge is 2.30. The molecular weight excluding hydrogens is 359 g/mol. The van der Waals surface area contributed by atoms with Crippen molar-refractivity contribution in [2.75, 3.05) is 10.6 Å². The van der Waals surface area contributed by atoms with Crippen LogP contribution in [0, 0.1) is 5.82 Å². The van der Waals surface area contributed by atoms with Crippen molar-refractivity contribution in [1.29, 1.82) is 0 Å². The van der Waals surface area contributed by atoms with Crippen LogP contribution in [0.5, 0.6) is 0 Å². The predicted molar refractivity (Wildman–Crippen MR) is 105 cm³/mol. The second-order valence-electron chi connectivity index (χ2n) is 7.69. The van der Waals surface area contributed by atoms with E-state index in [1.54, 1.807) is 24.4 Å². The molecule has 0 saturated heterocycles. The largest absolute Gasteiger partial charge is 0.393 e. The van der Waals surface area contributed by atoms with Crippen LogP contribution in [0.15, 0.2) is 30.5 Å². The van der Waals surface area contributed by atoms with Crippen molar-refractivity contribution >= 4 is 28.7 Å². The summed E-state index contributed by atoms with van der Waals surface area (Å²) in [6.07, 6.45) is 7.07. The Morgan fingerprint density at radius 3 is 2.57 bits per heavy atom. The molecule has 2 heterocycles. The molecule has 0 spiro atoms. The van der Waals surface area contributed by atoms with Crippen LogP contribution in [0.25, 0.3) is 11.2 Å². The molecule has 2 saturated carbocycles. The van der Waals surface area contributed by atoms with E-state index >= 15 is 0 Å². The third-order valence-corrected chi connectivity index (χ3v) is 5.50. The average molecular weight is 382 g/mol. The molecule has 0 bridgehead atoms. The molecule has 2 aromatic heterocycles. The zero-order chi connectivity index (χ0) is 19.1. The zero-order valence-corrected chi connectivity index (χ0v) is 15.5. The number of nitrogens with zero attached hydrogens (tertiary/aromatic N) is 4. The highest BCUT2D eigenvalue weighted by Crippen LogP contribution is 2.40. The number of hydrogen-bond donors (Lipinski definition) is 3. The lowest BCUT2D eigenvalue weighted by molar-refractivity contribution is 0.126. The number of halogens is 1. The van der Waals surface area contributed by atoms with Gasteiger partial charge in [0.15, 0.2) is 5.65 Å². The molecule has 0 unspecified atom stereocenters. The van der Waals surface area contributed by atoms with Gasteiger partial charge in [0.2, 0.25) is 11.9 Å². The molecular formula is C20H23FN6O. The fraction of sp³-hybridized carbons (Fsp3) is 0.450. The van der Waals surface area contributed by atoms with Gasteiger partial charge >= 0.3 is 0 Å². The maximum atomic E-state index is 14.1. The number of para-hydroxylation sites is 1. The van der Waals surface area contributed by atoms with Crippen LogP contribution < -0.4 is 10.6 Å². The first-order valence-corrected chi connectivity index (χ1v) is 9.88. The molecule has 28 heavy (non-hydrogen) atoms. The van der Waals surface area contributed by atoms with Crippen molar-refractivity contribution in [3.05, 3.63) is 36.3 Å². The number of imidazole rings is 1. The van der Waals surface area contributed by atoms with E-state index < -0.39 is 0 Å². The third-order valence-electron chi connectivity index (χ3n) is 5.50. The quantitative estimate of drug-likeness (QED) is 0.623. The molecule has 7 nitrogen and oxygen atoms in total. The summed E-state index contributed by atoms with van der Waals surface area (Å²) in [7, 11) is 0. The fourth-order valence-corrected chi connectivity index (χ4v) is 3.81. The van der Waals surface area contributed by atoms with Crippen molar-refractivity contribution in [2.45, 2.75) is 56.7 Å². The Kier molecular flexibility index (Phi) is 4.35. The Balaban J connectivity index is 1.45. The molecule has 2 aliphatic carbocycles. The fourth-order valence-electron chi connectivity index (χ4n) is 3.81. The normalized spacial score (nSPS) is 22.4. The van der Waals surface area contributed by atoms with Gasteiger partial charge in [-0.1, -0.05) is 12.1 Å². The summed E-state index contributed by atoms with van der Waals surface area (Å²) in [5, 5.41) is 16.2. The number of fused-ring (bicyclic) bond motifs is 1. The van der Waals surface area contributed by atoms with Crippen LogP contribution in [-0.2, 0) is 0 Å². The van der Waals surface area contributed by atoms with Crippen molar-refractivity contribution in [2.24, 2.45) is 0 Å². The minimum absolute atomic E-state index is 0.190. The highest BCUT2D eigenvalue weighted by molar-refractivity contribution is 5.76. The van der Waals surface area contributed by atoms with E-state index in [0.717, 1.165) is 44.2 Å². The van der Waals surface area contributed by atoms with E-state index in [2.05, 4.69) is 25.2 Å². The number of aliphatic hydroxyl groups is 1. The molecule has 5 rings (SSSR count). The van der Waals surface area contributed by atoms with Gasteiger partial charge in [0.05, 0.1) is 18.0 Å². The first-order chi connectivity index (χ1) is 13.7. The van der Waals surface area contributed by atoms with E-state index in [0.29, 0.717) is 29.1 Å². The molecule has 2 aliphatic rings. The maximum absolute atomic E-state index is 14.1. The van der Waals surface area contributed by atoms with Gasteiger partial charge in [-0.3, -0.25) is 4.57 Å². The van der Waals surface area contributed by atoms with Crippen molar-refractivity contribution < 1.29 is 9.50 Å². The molecule has 2 fully saturated rings.